The standard InChI is InChI=1S/C15H15ClN6O3/c1-25-10-4-2-9(3-5-10)6-17-14-19-11(18-13(16)21-14)7-22-8-12(23)20-15(22)24/h2-5H,6-8H2,1H3,(H,20,23,24)(H,17,18,19,21). The first kappa shape index (κ1) is 16.9. The van der Waals surface area contributed by atoms with E-state index >= 15 is 0 Å². The number of carbonyl (C=O) groups is 2. The van der Waals surface area contributed by atoms with Crippen molar-refractivity contribution in [1.82, 2.24) is 25.2 Å². The van der Waals surface area contributed by atoms with E-state index in [9.17, 15) is 9.59 Å². The van der Waals surface area contributed by atoms with Crippen molar-refractivity contribution in [2.45, 2.75) is 13.1 Å². The highest BCUT2D eigenvalue weighted by molar-refractivity contribution is 6.28. The van der Waals surface area contributed by atoms with Gasteiger partial charge in [0.15, 0.2) is 5.82 Å². The monoisotopic (exact) mass is 362 g/mol. The summed E-state index contributed by atoms with van der Waals surface area (Å²) in [6.07, 6.45) is 0. The Morgan fingerprint density at radius 2 is 2.00 bits per heavy atom. The predicted octanol–water partition coefficient (Wildman–Crippen LogP) is 1.20. The van der Waals surface area contributed by atoms with Crippen molar-refractivity contribution < 1.29 is 14.3 Å². The Morgan fingerprint density at radius 3 is 2.64 bits per heavy atom. The molecule has 1 aromatic heterocycles. The van der Waals surface area contributed by atoms with Crippen molar-refractivity contribution >= 4 is 29.5 Å². The topological polar surface area (TPSA) is 109 Å². The molecule has 2 N–H and O–H groups in total. The Bertz CT molecular complexity index is 798. The van der Waals surface area contributed by atoms with E-state index in [0.29, 0.717) is 12.4 Å². The average Bonchev–Trinajstić information content (AvgIpc) is 2.90. The zero-order chi connectivity index (χ0) is 17.8. The number of anilines is 1. The number of imide groups is 1. The highest BCUT2D eigenvalue weighted by Crippen LogP contribution is 2.14. The molecule has 0 saturated carbocycles. The van der Waals surface area contributed by atoms with Crippen LogP contribution in [0.15, 0.2) is 24.3 Å². The van der Waals surface area contributed by atoms with E-state index in [-0.39, 0.29) is 30.2 Å². The lowest BCUT2D eigenvalue weighted by Gasteiger charge is -2.12. The fourth-order valence-electron chi connectivity index (χ4n) is 2.25. The van der Waals surface area contributed by atoms with Gasteiger partial charge in [0, 0.05) is 6.54 Å². The SMILES string of the molecule is COc1ccc(CNc2nc(Cl)nc(CN3CC(=O)NC3=O)n2)cc1. The molecular formula is C15H15ClN6O3. The van der Waals surface area contributed by atoms with E-state index in [4.69, 9.17) is 16.3 Å². The highest BCUT2D eigenvalue weighted by Gasteiger charge is 2.27. The summed E-state index contributed by atoms with van der Waals surface area (Å²) >= 11 is 5.92. The van der Waals surface area contributed by atoms with Crippen LogP contribution in [0.4, 0.5) is 10.7 Å². The van der Waals surface area contributed by atoms with Crippen molar-refractivity contribution in [2.24, 2.45) is 0 Å². The molecule has 1 aromatic carbocycles. The number of aromatic nitrogens is 3. The minimum atomic E-state index is -0.478. The van der Waals surface area contributed by atoms with Crippen LogP contribution >= 0.6 is 11.6 Å². The minimum Gasteiger partial charge on any atom is -0.497 e. The van der Waals surface area contributed by atoms with Gasteiger partial charge in [-0.1, -0.05) is 12.1 Å². The van der Waals surface area contributed by atoms with Crippen LogP contribution in [0.3, 0.4) is 0 Å². The quantitative estimate of drug-likeness (QED) is 0.743. The van der Waals surface area contributed by atoms with Crippen molar-refractivity contribution in [2.75, 3.05) is 19.0 Å². The van der Waals surface area contributed by atoms with Crippen LogP contribution in [0.2, 0.25) is 5.28 Å². The first-order chi connectivity index (χ1) is 12.0. The van der Waals surface area contributed by atoms with Crippen LogP contribution in [-0.2, 0) is 17.9 Å². The Labute approximate surface area is 148 Å². The van der Waals surface area contributed by atoms with Crippen LogP contribution in [-0.4, -0.2) is 45.4 Å². The number of amides is 3. The second kappa shape index (κ2) is 7.31. The molecule has 0 spiro atoms. The summed E-state index contributed by atoms with van der Waals surface area (Å²) in [5.41, 5.74) is 1.00. The summed E-state index contributed by atoms with van der Waals surface area (Å²) < 4.78 is 5.11. The Balaban J connectivity index is 1.66. The largest absolute Gasteiger partial charge is 0.497 e. The van der Waals surface area contributed by atoms with E-state index in [1.54, 1.807) is 7.11 Å². The average molecular weight is 363 g/mol. The number of halogens is 1. The fourth-order valence-corrected chi connectivity index (χ4v) is 2.42. The van der Waals surface area contributed by atoms with Crippen molar-refractivity contribution in [1.29, 1.82) is 0 Å². The van der Waals surface area contributed by atoms with Gasteiger partial charge in [0.05, 0.1) is 13.7 Å². The molecule has 10 heteroatoms. The lowest BCUT2D eigenvalue weighted by Crippen LogP contribution is -2.28. The first-order valence-corrected chi connectivity index (χ1v) is 7.77. The van der Waals surface area contributed by atoms with E-state index in [1.807, 2.05) is 24.3 Å². The van der Waals surface area contributed by atoms with Crippen molar-refractivity contribution in [3.63, 3.8) is 0 Å². The molecule has 0 aliphatic carbocycles. The van der Waals surface area contributed by atoms with Gasteiger partial charge in [-0.05, 0) is 29.3 Å². The number of rotatable bonds is 6. The summed E-state index contributed by atoms with van der Waals surface area (Å²) in [6.45, 7) is 0.514. The molecule has 2 heterocycles. The number of hydrogen-bond acceptors (Lipinski definition) is 7. The Kier molecular flexibility index (Phi) is 4.94. The zero-order valence-electron chi connectivity index (χ0n) is 13.3. The number of methoxy groups -OCH3 is 1. The van der Waals surface area contributed by atoms with Gasteiger partial charge in [0.1, 0.15) is 12.3 Å². The van der Waals surface area contributed by atoms with Crippen LogP contribution in [0.5, 0.6) is 5.75 Å². The Hall–Kier alpha value is -2.94. The number of nitrogens with zero attached hydrogens (tertiary/aromatic N) is 4. The van der Waals surface area contributed by atoms with Gasteiger partial charge >= 0.3 is 6.03 Å². The van der Waals surface area contributed by atoms with Crippen LogP contribution in [0, 0.1) is 0 Å². The third-order valence-electron chi connectivity index (χ3n) is 3.46. The molecule has 0 radical (unpaired) electrons. The second-order valence-electron chi connectivity index (χ2n) is 5.26. The lowest BCUT2D eigenvalue weighted by molar-refractivity contribution is -0.118. The van der Waals surface area contributed by atoms with Crippen LogP contribution in [0.25, 0.3) is 0 Å². The fraction of sp³-hybridized carbons (Fsp3) is 0.267. The van der Waals surface area contributed by atoms with Gasteiger partial charge in [-0.25, -0.2) is 9.78 Å². The van der Waals surface area contributed by atoms with Gasteiger partial charge in [-0.2, -0.15) is 9.97 Å². The van der Waals surface area contributed by atoms with Gasteiger partial charge in [0.2, 0.25) is 17.1 Å². The molecule has 3 amide bonds. The Morgan fingerprint density at radius 1 is 1.24 bits per heavy atom. The molecule has 25 heavy (non-hydrogen) atoms. The van der Waals surface area contributed by atoms with Gasteiger partial charge in [-0.3, -0.25) is 10.1 Å². The molecule has 130 valence electrons. The van der Waals surface area contributed by atoms with E-state index in [1.165, 1.54) is 4.90 Å². The third-order valence-corrected chi connectivity index (χ3v) is 3.63. The third kappa shape index (κ3) is 4.32. The number of urea groups is 1. The molecule has 2 aromatic rings. The molecular weight excluding hydrogens is 348 g/mol. The molecule has 9 nitrogen and oxygen atoms in total. The van der Waals surface area contributed by atoms with Crippen LogP contribution < -0.4 is 15.4 Å². The zero-order valence-corrected chi connectivity index (χ0v) is 14.1. The molecule has 3 rings (SSSR count). The molecule has 0 bridgehead atoms. The van der Waals surface area contributed by atoms with Crippen LogP contribution in [0.1, 0.15) is 11.4 Å². The molecule has 0 unspecified atom stereocenters. The maximum atomic E-state index is 11.6. The van der Waals surface area contributed by atoms with Crippen molar-refractivity contribution in [3.8, 4) is 5.75 Å². The second-order valence-corrected chi connectivity index (χ2v) is 5.59. The van der Waals surface area contributed by atoms with Gasteiger partial charge in [-0.15, -0.1) is 0 Å². The van der Waals surface area contributed by atoms with E-state index in [0.717, 1.165) is 11.3 Å². The summed E-state index contributed by atoms with van der Waals surface area (Å²) in [4.78, 5) is 36.3. The molecule has 1 fully saturated rings. The molecule has 1 aliphatic rings. The molecule has 1 aliphatic heterocycles. The normalized spacial score (nSPS) is 13.8. The number of nitrogens with one attached hydrogen (secondary N) is 2. The molecule has 0 atom stereocenters. The number of carbonyl (C=O) groups excluding carboxylic acids is 2. The summed E-state index contributed by atoms with van der Waals surface area (Å²) in [5.74, 6) is 0.995. The predicted molar refractivity (Wildman–Crippen MR) is 89.1 cm³/mol. The molecule has 1 saturated heterocycles. The van der Waals surface area contributed by atoms with Gasteiger partial charge < -0.3 is 15.0 Å². The van der Waals surface area contributed by atoms with Crippen molar-refractivity contribution in [3.05, 3.63) is 40.9 Å². The first-order valence-electron chi connectivity index (χ1n) is 7.39. The maximum Gasteiger partial charge on any atom is 0.324 e. The number of hydrogen-bond donors (Lipinski definition) is 2. The minimum absolute atomic E-state index is 0.00756. The summed E-state index contributed by atoms with van der Waals surface area (Å²) in [6, 6.07) is 7.05. The van der Waals surface area contributed by atoms with Gasteiger partial charge in [0.25, 0.3) is 0 Å². The van der Waals surface area contributed by atoms with E-state index in [2.05, 4.69) is 25.6 Å². The number of ether oxygens (including phenoxy) is 1. The maximum absolute atomic E-state index is 11.6. The summed E-state index contributed by atoms with van der Waals surface area (Å²) in [7, 11) is 1.61. The highest BCUT2D eigenvalue weighted by atomic mass is 35.5. The van der Waals surface area contributed by atoms with E-state index < -0.39 is 6.03 Å². The smallest absolute Gasteiger partial charge is 0.324 e. The number of benzene rings is 1. The summed E-state index contributed by atoms with van der Waals surface area (Å²) in [5, 5.41) is 5.25. The lowest BCUT2D eigenvalue weighted by atomic mass is 10.2.